The number of oxime groups is 1. The summed E-state index contributed by atoms with van der Waals surface area (Å²) >= 11 is 9.47. The van der Waals surface area contributed by atoms with Gasteiger partial charge in [0.25, 0.3) is 16.6 Å². The number of halogens is 1. The number of fused-ring (bicyclic) bond motifs is 2. The van der Waals surface area contributed by atoms with Crippen molar-refractivity contribution in [3.8, 4) is 0 Å². The van der Waals surface area contributed by atoms with Gasteiger partial charge in [-0.25, -0.2) is 14.8 Å². The summed E-state index contributed by atoms with van der Waals surface area (Å²) in [6.07, 6.45) is 0.337. The maximum atomic E-state index is 13.2. The molecule has 41 heavy (non-hydrogen) atoms. The van der Waals surface area contributed by atoms with Crippen LogP contribution in [0.3, 0.4) is 0 Å². The molecule has 19 heteroatoms. The van der Waals surface area contributed by atoms with E-state index in [1.54, 1.807) is 22.9 Å². The van der Waals surface area contributed by atoms with Crippen molar-refractivity contribution in [2.24, 2.45) is 5.16 Å². The minimum absolute atomic E-state index is 0.0105. The van der Waals surface area contributed by atoms with Gasteiger partial charge >= 0.3 is 5.97 Å². The van der Waals surface area contributed by atoms with Gasteiger partial charge in [-0.05, 0) is 24.3 Å². The Labute approximate surface area is 247 Å². The monoisotopic (exact) mass is 638 g/mol. The number of pyridine rings is 1. The summed E-state index contributed by atoms with van der Waals surface area (Å²) in [7, 11) is 0. The van der Waals surface area contributed by atoms with E-state index in [1.807, 2.05) is 0 Å². The number of thioether (sulfide) groups is 1. The molecule has 0 spiro atoms. The standard InChI is InChI=1S/C22H19ClN8O7S3/c1-7(19(34)35)38-29-11(10-14(23)40-22(25)28-10)15(32)27-12-16(33)31-13(20(36)37)8(6-39-18(12)31)5-30-4-2-3-9-17(30)41-21(24)26-9/h2-4,7,12,18H,5-6H2,1H3,(H6-,24,25,26,27,28,32,34,35,36,37)/b29-11-/t7-,12+,18?/m0/s1. The van der Waals surface area contributed by atoms with Gasteiger partial charge in [0, 0.05) is 17.4 Å². The fraction of sp³-hybridized carbons (Fsp3) is 0.273. The third-order valence-corrected chi connectivity index (χ3v) is 9.37. The molecule has 1 fully saturated rings. The predicted molar refractivity (Wildman–Crippen MR) is 148 cm³/mol. The van der Waals surface area contributed by atoms with Crippen LogP contribution < -0.4 is 26.5 Å². The number of nitrogens with one attached hydrogen (secondary N) is 1. The molecular weight excluding hydrogens is 620 g/mol. The van der Waals surface area contributed by atoms with Crippen LogP contribution in [-0.4, -0.2) is 72.7 Å². The summed E-state index contributed by atoms with van der Waals surface area (Å²) in [5.74, 6) is -4.31. The molecule has 3 aromatic rings. The lowest BCUT2D eigenvalue weighted by atomic mass is 10.0. The molecule has 0 aromatic carbocycles. The molecule has 6 N–H and O–H groups in total. The van der Waals surface area contributed by atoms with Gasteiger partial charge < -0.3 is 36.6 Å². The number of hydrogen-bond acceptors (Lipinski definition) is 14. The van der Waals surface area contributed by atoms with Gasteiger partial charge in [-0.1, -0.05) is 28.1 Å². The van der Waals surface area contributed by atoms with Crippen LogP contribution in [0.4, 0.5) is 10.3 Å². The number of anilines is 2. The lowest BCUT2D eigenvalue weighted by Crippen LogP contribution is -2.71. The second-order valence-corrected chi connectivity index (χ2v) is 12.4. The van der Waals surface area contributed by atoms with Gasteiger partial charge in [0.05, 0.1) is 11.7 Å². The van der Waals surface area contributed by atoms with Crippen molar-refractivity contribution in [3.05, 3.63) is 39.6 Å². The first-order valence-corrected chi connectivity index (χ1v) is 14.6. The van der Waals surface area contributed by atoms with E-state index in [1.165, 1.54) is 30.0 Å². The molecule has 0 aliphatic carbocycles. The molecule has 5 rings (SSSR count). The molecule has 2 amide bonds. The van der Waals surface area contributed by atoms with Crippen LogP contribution in [-0.2, 0) is 30.6 Å². The maximum absolute atomic E-state index is 13.2. The van der Waals surface area contributed by atoms with Crippen LogP contribution in [0.2, 0.25) is 4.34 Å². The zero-order valence-corrected chi connectivity index (χ0v) is 24.0. The number of carboxylic acid groups (broad SMARTS) is 2. The summed E-state index contributed by atoms with van der Waals surface area (Å²) in [6.45, 7) is 1.33. The molecule has 5 heterocycles. The lowest BCUT2D eigenvalue weighted by molar-refractivity contribution is -0.661. The Morgan fingerprint density at radius 1 is 1.34 bits per heavy atom. The Morgan fingerprint density at radius 2 is 2.07 bits per heavy atom. The number of aliphatic carboxylic acids is 2. The molecule has 214 valence electrons. The summed E-state index contributed by atoms with van der Waals surface area (Å²) in [5.41, 5.74) is 11.6. The normalized spacial score (nSPS) is 19.5. The van der Waals surface area contributed by atoms with E-state index < -0.39 is 47.0 Å². The van der Waals surface area contributed by atoms with Crippen LogP contribution in [0.1, 0.15) is 12.6 Å². The zero-order valence-electron chi connectivity index (χ0n) is 20.8. The molecule has 15 nitrogen and oxygen atoms in total. The topological polar surface area (TPSA) is 230 Å². The second kappa shape index (κ2) is 11.1. The number of nitrogen functional groups attached to an aromatic ring is 2. The van der Waals surface area contributed by atoms with E-state index >= 15 is 0 Å². The summed E-state index contributed by atoms with van der Waals surface area (Å²) in [6, 6.07) is 2.39. The third-order valence-electron chi connectivity index (χ3n) is 6.01. The van der Waals surface area contributed by atoms with Crippen molar-refractivity contribution in [1.29, 1.82) is 0 Å². The first-order chi connectivity index (χ1) is 19.5. The molecule has 3 atom stereocenters. The number of carboxylic acids is 2. The van der Waals surface area contributed by atoms with Crippen molar-refractivity contribution in [2.75, 3.05) is 17.2 Å². The SMILES string of the molecule is C[C@H](O/N=C(\C(=O)N[C@@H]1C(=O)N2C(C(=O)[O-])=C(C[n+]3cccc4nc(N)sc43)CSC12)c1nc(N)sc1Cl)C(=O)O. The van der Waals surface area contributed by atoms with Crippen LogP contribution >= 0.6 is 46.0 Å². The van der Waals surface area contributed by atoms with E-state index in [0.717, 1.165) is 21.1 Å². The van der Waals surface area contributed by atoms with E-state index in [-0.39, 0.29) is 33.2 Å². The van der Waals surface area contributed by atoms with Crippen molar-refractivity contribution < 1.29 is 38.8 Å². The quantitative estimate of drug-likeness (QED) is 0.0972. The van der Waals surface area contributed by atoms with Gasteiger partial charge in [0.2, 0.25) is 6.10 Å². The van der Waals surface area contributed by atoms with Crippen molar-refractivity contribution in [1.82, 2.24) is 20.2 Å². The molecule has 2 aliphatic rings. The molecule has 0 bridgehead atoms. The second-order valence-electron chi connectivity index (χ2n) is 8.68. The van der Waals surface area contributed by atoms with Crippen LogP contribution in [0, 0.1) is 0 Å². The highest BCUT2D eigenvalue weighted by molar-refractivity contribution is 8.00. The highest BCUT2D eigenvalue weighted by atomic mass is 35.5. The fourth-order valence-electron chi connectivity index (χ4n) is 4.13. The Bertz CT molecular complexity index is 1670. The Kier molecular flexibility index (Phi) is 7.73. The average molecular weight is 639 g/mol. The molecule has 0 radical (unpaired) electrons. The maximum Gasteiger partial charge on any atom is 0.347 e. The Morgan fingerprint density at radius 3 is 2.73 bits per heavy atom. The summed E-state index contributed by atoms with van der Waals surface area (Å²) in [4.78, 5) is 64.6. The van der Waals surface area contributed by atoms with Gasteiger partial charge in [-0.15, -0.1) is 11.8 Å². The highest BCUT2D eigenvalue weighted by Gasteiger charge is 2.53. The van der Waals surface area contributed by atoms with E-state index in [9.17, 15) is 24.3 Å². The summed E-state index contributed by atoms with van der Waals surface area (Å²) in [5, 5.41) is 27.0. The first-order valence-electron chi connectivity index (χ1n) is 11.6. The number of β-lactam (4-membered cyclic amide) rings is 1. The zero-order chi connectivity index (χ0) is 29.6. The number of hydrogen-bond donors (Lipinski definition) is 4. The number of rotatable bonds is 9. The molecular formula is C22H19ClN8O7S3. The average Bonchev–Trinajstić information content (AvgIpc) is 3.47. The smallest absolute Gasteiger partial charge is 0.347 e. The number of nitrogens with two attached hydrogens (primary N) is 2. The number of aromatic nitrogens is 3. The molecule has 1 unspecified atom stereocenters. The summed E-state index contributed by atoms with van der Waals surface area (Å²) < 4.78 is 1.77. The third kappa shape index (κ3) is 5.37. The van der Waals surface area contributed by atoms with Crippen molar-refractivity contribution in [2.45, 2.75) is 31.0 Å². The van der Waals surface area contributed by atoms with Crippen LogP contribution in [0.25, 0.3) is 10.3 Å². The number of carbonyl (C=O) groups excluding carboxylic acids is 3. The molecule has 0 saturated carbocycles. The Hall–Kier alpha value is -4.00. The minimum atomic E-state index is -1.54. The number of carbonyl (C=O) groups is 4. The van der Waals surface area contributed by atoms with E-state index in [4.69, 9.17) is 33.0 Å². The van der Waals surface area contributed by atoms with Crippen molar-refractivity contribution >= 4 is 96.1 Å². The molecule has 3 aromatic heterocycles. The van der Waals surface area contributed by atoms with Gasteiger partial charge in [-0.3, -0.25) is 14.5 Å². The van der Waals surface area contributed by atoms with Crippen LogP contribution in [0.5, 0.6) is 0 Å². The van der Waals surface area contributed by atoms with Crippen LogP contribution in [0.15, 0.2) is 34.8 Å². The first kappa shape index (κ1) is 28.5. The minimum Gasteiger partial charge on any atom is -0.543 e. The number of amides is 2. The fourth-order valence-corrected chi connectivity index (χ4v) is 7.19. The molecule has 2 aliphatic heterocycles. The van der Waals surface area contributed by atoms with E-state index in [0.29, 0.717) is 16.2 Å². The van der Waals surface area contributed by atoms with Crippen molar-refractivity contribution in [3.63, 3.8) is 0 Å². The predicted octanol–water partition coefficient (Wildman–Crippen LogP) is -0.844. The van der Waals surface area contributed by atoms with E-state index in [2.05, 4.69) is 20.4 Å². The molecule has 1 saturated heterocycles. The van der Waals surface area contributed by atoms with Gasteiger partial charge in [0.15, 0.2) is 28.7 Å². The lowest BCUT2D eigenvalue weighted by Gasteiger charge is -2.50. The number of thiazole rings is 2. The Balaban J connectivity index is 1.39. The largest absolute Gasteiger partial charge is 0.543 e. The van der Waals surface area contributed by atoms with Gasteiger partial charge in [-0.2, -0.15) is 4.57 Å². The van der Waals surface area contributed by atoms with Gasteiger partial charge in [0.1, 0.15) is 27.0 Å². The number of nitrogens with zero attached hydrogens (tertiary/aromatic N) is 5. The highest BCUT2D eigenvalue weighted by Crippen LogP contribution is 2.40.